The second-order valence-corrected chi connectivity index (χ2v) is 8.98. The fraction of sp³-hybridized carbons (Fsp3) is 0.250. The highest BCUT2D eigenvalue weighted by Crippen LogP contribution is 2.25. The van der Waals surface area contributed by atoms with Crippen LogP contribution in [0.5, 0.6) is 0 Å². The van der Waals surface area contributed by atoms with Crippen molar-refractivity contribution in [1.29, 1.82) is 0 Å². The van der Waals surface area contributed by atoms with Crippen LogP contribution in [0.15, 0.2) is 47.6 Å². The van der Waals surface area contributed by atoms with Gasteiger partial charge in [0.1, 0.15) is 5.82 Å². The van der Waals surface area contributed by atoms with Gasteiger partial charge in [0.25, 0.3) is 5.78 Å². The molecule has 4 aromatic rings. The lowest BCUT2D eigenvalue weighted by atomic mass is 10.0. The van der Waals surface area contributed by atoms with Gasteiger partial charge in [0, 0.05) is 28.5 Å². The van der Waals surface area contributed by atoms with E-state index in [4.69, 9.17) is 11.6 Å². The van der Waals surface area contributed by atoms with Crippen molar-refractivity contribution in [2.24, 2.45) is 0 Å². The average Bonchev–Trinajstić information content (AvgIpc) is 3.20. The second kappa shape index (κ2) is 9.89. The van der Waals surface area contributed by atoms with Crippen molar-refractivity contribution < 1.29 is 9.18 Å². The van der Waals surface area contributed by atoms with Gasteiger partial charge >= 0.3 is 0 Å². The number of rotatable bonds is 7. The van der Waals surface area contributed by atoms with Crippen molar-refractivity contribution in [3.63, 3.8) is 0 Å². The predicted molar refractivity (Wildman–Crippen MR) is 130 cm³/mol. The van der Waals surface area contributed by atoms with Gasteiger partial charge in [0.15, 0.2) is 0 Å². The molecule has 0 unspecified atom stereocenters. The highest BCUT2D eigenvalue weighted by Gasteiger charge is 2.16. The molecule has 0 aliphatic carbocycles. The Morgan fingerprint density at radius 2 is 1.94 bits per heavy atom. The van der Waals surface area contributed by atoms with Crippen molar-refractivity contribution in [3.05, 3.63) is 81.4 Å². The third-order valence-electron chi connectivity index (χ3n) is 5.42. The number of para-hydroxylation sites is 1. The smallest absolute Gasteiger partial charge is 0.253 e. The molecule has 0 aliphatic heterocycles. The molecule has 6 nitrogen and oxygen atoms in total. The summed E-state index contributed by atoms with van der Waals surface area (Å²) in [6.07, 6.45) is 1.34. The molecule has 9 heteroatoms. The summed E-state index contributed by atoms with van der Waals surface area (Å²) in [6, 6.07) is 12.1. The van der Waals surface area contributed by atoms with E-state index in [2.05, 4.69) is 27.3 Å². The van der Waals surface area contributed by atoms with E-state index in [1.807, 2.05) is 38.1 Å². The van der Waals surface area contributed by atoms with Gasteiger partial charge in [0.05, 0.1) is 5.75 Å². The number of aromatic nitrogens is 4. The lowest BCUT2D eigenvalue weighted by molar-refractivity contribution is -0.113. The van der Waals surface area contributed by atoms with Crippen molar-refractivity contribution in [2.45, 2.75) is 38.8 Å². The molecule has 2 heterocycles. The fourth-order valence-corrected chi connectivity index (χ4v) is 4.48. The number of halogens is 2. The van der Waals surface area contributed by atoms with Crippen LogP contribution in [0, 0.1) is 19.7 Å². The molecule has 0 radical (unpaired) electrons. The summed E-state index contributed by atoms with van der Waals surface area (Å²) >= 11 is 7.48. The van der Waals surface area contributed by atoms with E-state index in [0.717, 1.165) is 40.2 Å². The van der Waals surface area contributed by atoms with Gasteiger partial charge in [0.2, 0.25) is 11.1 Å². The Balaban J connectivity index is 1.51. The third-order valence-corrected chi connectivity index (χ3v) is 6.61. The molecule has 2 aromatic heterocycles. The van der Waals surface area contributed by atoms with Crippen molar-refractivity contribution in [3.8, 4) is 0 Å². The topological polar surface area (TPSA) is 72.2 Å². The minimum Gasteiger partial charge on any atom is -0.325 e. The maximum atomic E-state index is 13.4. The average molecular weight is 484 g/mol. The lowest BCUT2D eigenvalue weighted by Crippen LogP contribution is -2.15. The van der Waals surface area contributed by atoms with Gasteiger partial charge in [-0.2, -0.15) is 4.98 Å². The number of benzene rings is 2. The number of thioether (sulfide) groups is 1. The molecule has 33 heavy (non-hydrogen) atoms. The Bertz CT molecular complexity index is 1340. The quantitative estimate of drug-likeness (QED) is 0.355. The first-order valence-electron chi connectivity index (χ1n) is 10.5. The van der Waals surface area contributed by atoms with Crippen molar-refractivity contribution in [2.75, 3.05) is 11.1 Å². The van der Waals surface area contributed by atoms with Crippen LogP contribution in [0.3, 0.4) is 0 Å². The Hall–Kier alpha value is -2.97. The maximum Gasteiger partial charge on any atom is 0.253 e. The lowest BCUT2D eigenvalue weighted by Gasteiger charge is -2.11. The molecule has 2 aromatic carbocycles. The van der Waals surface area contributed by atoms with E-state index in [-0.39, 0.29) is 17.5 Å². The summed E-state index contributed by atoms with van der Waals surface area (Å²) in [5.41, 5.74) is 5.35. The first-order chi connectivity index (χ1) is 15.9. The van der Waals surface area contributed by atoms with E-state index in [1.54, 1.807) is 10.6 Å². The van der Waals surface area contributed by atoms with Crippen LogP contribution >= 0.6 is 23.4 Å². The molecule has 4 rings (SSSR count). The fourth-order valence-electron chi connectivity index (χ4n) is 3.63. The molecule has 1 amide bonds. The van der Waals surface area contributed by atoms with Crippen molar-refractivity contribution in [1.82, 2.24) is 19.6 Å². The van der Waals surface area contributed by atoms with Gasteiger partial charge in [-0.15, -0.1) is 5.10 Å². The van der Waals surface area contributed by atoms with Crippen molar-refractivity contribution >= 4 is 40.7 Å². The minimum atomic E-state index is -0.370. The highest BCUT2D eigenvalue weighted by atomic mass is 35.5. The van der Waals surface area contributed by atoms with Gasteiger partial charge in [-0.1, -0.05) is 54.6 Å². The summed E-state index contributed by atoms with van der Waals surface area (Å²) < 4.78 is 15.1. The Morgan fingerprint density at radius 1 is 1.15 bits per heavy atom. The van der Waals surface area contributed by atoms with Gasteiger partial charge in [-0.25, -0.2) is 13.9 Å². The Labute approximate surface area is 200 Å². The van der Waals surface area contributed by atoms with Gasteiger partial charge < -0.3 is 5.32 Å². The Morgan fingerprint density at radius 3 is 2.70 bits per heavy atom. The molecule has 0 saturated carbocycles. The van der Waals surface area contributed by atoms with E-state index < -0.39 is 0 Å². The Kier molecular flexibility index (Phi) is 6.95. The zero-order valence-electron chi connectivity index (χ0n) is 18.5. The van der Waals surface area contributed by atoms with Crippen LogP contribution in [0.1, 0.15) is 35.0 Å². The van der Waals surface area contributed by atoms with Gasteiger partial charge in [-0.05, 0) is 55.2 Å². The number of nitrogens with zero attached hydrogens (tertiary/aromatic N) is 4. The number of fused-ring (bicyclic) bond motifs is 1. The first-order valence-corrected chi connectivity index (χ1v) is 11.9. The number of carbonyl (C=O) groups excluding carboxylic acids is 1. The molecular formula is C24H23ClFN5OS. The van der Waals surface area contributed by atoms with E-state index >= 15 is 0 Å². The molecule has 0 saturated heterocycles. The number of amides is 1. The summed E-state index contributed by atoms with van der Waals surface area (Å²) in [6.45, 7) is 5.89. The number of hydrogen-bond donors (Lipinski definition) is 1. The van der Waals surface area contributed by atoms with Crippen LogP contribution in [-0.4, -0.2) is 31.2 Å². The molecule has 0 bridgehead atoms. The molecular weight excluding hydrogens is 461 g/mol. The standard InChI is InChI=1S/C24H23ClFN5OS/c1-4-16-7-5-6-8-21(16)28-22(32)13-33-24-29-23-27-14(2)19(15(3)31(23)30-24)11-17-9-10-18(26)12-20(17)25/h5-10,12H,4,11,13H2,1-3H3,(H,28,32). The van der Waals surface area contributed by atoms with Crippen LogP contribution in [0.4, 0.5) is 10.1 Å². The van der Waals surface area contributed by atoms with Crippen LogP contribution in [0.25, 0.3) is 5.78 Å². The maximum absolute atomic E-state index is 13.4. The third kappa shape index (κ3) is 5.17. The van der Waals surface area contributed by atoms with Crippen LogP contribution in [-0.2, 0) is 17.6 Å². The number of carbonyl (C=O) groups is 1. The molecule has 0 spiro atoms. The zero-order chi connectivity index (χ0) is 23.5. The first kappa shape index (κ1) is 23.2. The summed E-state index contributed by atoms with van der Waals surface area (Å²) in [5, 5.41) is 8.34. The number of hydrogen-bond acceptors (Lipinski definition) is 5. The summed E-state index contributed by atoms with van der Waals surface area (Å²) in [4.78, 5) is 21.5. The minimum absolute atomic E-state index is 0.118. The van der Waals surface area contributed by atoms with E-state index in [9.17, 15) is 9.18 Å². The van der Waals surface area contributed by atoms with E-state index in [0.29, 0.717) is 22.4 Å². The molecule has 0 atom stereocenters. The number of nitrogens with one attached hydrogen (secondary N) is 1. The number of aryl methyl sites for hydroxylation is 3. The van der Waals surface area contributed by atoms with Crippen LogP contribution in [0.2, 0.25) is 5.02 Å². The summed E-state index contributed by atoms with van der Waals surface area (Å²) in [5.74, 6) is 0.168. The normalized spacial score (nSPS) is 11.2. The van der Waals surface area contributed by atoms with Gasteiger partial charge in [-0.3, -0.25) is 4.79 Å². The molecule has 0 aliphatic rings. The monoisotopic (exact) mass is 483 g/mol. The highest BCUT2D eigenvalue weighted by molar-refractivity contribution is 7.99. The number of anilines is 1. The predicted octanol–water partition coefficient (Wildman–Crippen LogP) is 5.42. The summed E-state index contributed by atoms with van der Waals surface area (Å²) in [7, 11) is 0. The van der Waals surface area contributed by atoms with Crippen LogP contribution < -0.4 is 5.32 Å². The second-order valence-electron chi connectivity index (χ2n) is 7.63. The SMILES string of the molecule is CCc1ccccc1NC(=O)CSc1nc2nc(C)c(Cc3ccc(F)cc3Cl)c(C)n2n1. The zero-order valence-corrected chi connectivity index (χ0v) is 20.1. The molecule has 1 N–H and O–H groups in total. The van der Waals surface area contributed by atoms with E-state index in [1.165, 1.54) is 23.9 Å². The molecule has 170 valence electrons. The molecule has 0 fully saturated rings. The largest absolute Gasteiger partial charge is 0.325 e.